The first kappa shape index (κ1) is 22.7. The van der Waals surface area contributed by atoms with Crippen LogP contribution in [-0.4, -0.2) is 29.1 Å². The van der Waals surface area contributed by atoms with Crippen LogP contribution in [0.4, 0.5) is 29.2 Å². The number of alkyl halides is 3. The summed E-state index contributed by atoms with van der Waals surface area (Å²) in [6, 6.07) is 7.89. The van der Waals surface area contributed by atoms with Gasteiger partial charge < -0.3 is 15.8 Å². The van der Waals surface area contributed by atoms with E-state index in [0.29, 0.717) is 43.2 Å². The minimum atomic E-state index is -4.89. The molecular formula is C23H20F4N4O2. The molecule has 0 unspecified atom stereocenters. The zero-order valence-electron chi connectivity index (χ0n) is 17.3. The molecular weight excluding hydrogens is 440 g/mol. The number of carbonyl (C=O) groups excluding carboxylic acids is 1. The van der Waals surface area contributed by atoms with Crippen LogP contribution in [0.3, 0.4) is 0 Å². The van der Waals surface area contributed by atoms with E-state index in [2.05, 4.69) is 15.3 Å². The van der Waals surface area contributed by atoms with Gasteiger partial charge >= 0.3 is 6.18 Å². The fourth-order valence-electron chi connectivity index (χ4n) is 3.69. The van der Waals surface area contributed by atoms with E-state index >= 15 is 4.39 Å². The highest BCUT2D eigenvalue weighted by Gasteiger charge is 2.36. The lowest BCUT2D eigenvalue weighted by molar-refractivity contribution is -0.139. The largest absolute Gasteiger partial charge is 0.419 e. The van der Waals surface area contributed by atoms with E-state index in [1.807, 2.05) is 0 Å². The van der Waals surface area contributed by atoms with Gasteiger partial charge in [0.2, 0.25) is 11.9 Å². The van der Waals surface area contributed by atoms with Crippen LogP contribution >= 0.6 is 0 Å². The lowest BCUT2D eigenvalue weighted by Crippen LogP contribution is -2.29. The molecule has 6 nitrogen and oxygen atoms in total. The Morgan fingerprint density at radius 3 is 2.18 bits per heavy atom. The molecule has 33 heavy (non-hydrogen) atoms. The third-order valence-electron chi connectivity index (χ3n) is 5.48. The number of hydrogen-bond acceptors (Lipinski definition) is 5. The number of rotatable bonds is 4. The Labute approximate surface area is 186 Å². The van der Waals surface area contributed by atoms with Gasteiger partial charge in [0.15, 0.2) is 0 Å². The number of benzene rings is 2. The quantitative estimate of drug-likeness (QED) is 0.540. The van der Waals surface area contributed by atoms with Gasteiger partial charge in [-0.15, -0.1) is 0 Å². The predicted molar refractivity (Wildman–Crippen MR) is 114 cm³/mol. The van der Waals surface area contributed by atoms with Gasteiger partial charge in [-0.2, -0.15) is 13.2 Å². The van der Waals surface area contributed by atoms with Gasteiger partial charge in [-0.3, -0.25) is 4.79 Å². The van der Waals surface area contributed by atoms with Crippen molar-refractivity contribution in [2.24, 2.45) is 5.92 Å². The minimum Gasteiger partial charge on any atom is -0.381 e. The summed E-state index contributed by atoms with van der Waals surface area (Å²) in [6.45, 7) is 0.839. The lowest BCUT2D eigenvalue weighted by atomic mass is 9.96. The normalized spacial score (nSPS) is 14.8. The highest BCUT2D eigenvalue weighted by molar-refractivity contribution is 5.97. The molecule has 172 valence electrons. The van der Waals surface area contributed by atoms with Crippen LogP contribution in [0.1, 0.15) is 18.4 Å². The maximum absolute atomic E-state index is 15.2. The van der Waals surface area contributed by atoms with E-state index in [0.717, 1.165) is 6.07 Å². The molecule has 1 aliphatic rings. The third kappa shape index (κ3) is 4.95. The molecule has 1 aromatic heterocycles. The van der Waals surface area contributed by atoms with E-state index in [1.54, 1.807) is 12.1 Å². The van der Waals surface area contributed by atoms with Crippen molar-refractivity contribution >= 4 is 17.5 Å². The molecule has 2 heterocycles. The number of halogens is 4. The van der Waals surface area contributed by atoms with Crippen molar-refractivity contribution in [1.82, 2.24) is 9.97 Å². The van der Waals surface area contributed by atoms with Gasteiger partial charge in [0.25, 0.3) is 0 Å². The van der Waals surface area contributed by atoms with Gasteiger partial charge in [0.1, 0.15) is 5.82 Å². The van der Waals surface area contributed by atoms with Crippen molar-refractivity contribution in [2.45, 2.75) is 19.0 Å². The number of anilines is 2. The second-order valence-electron chi connectivity index (χ2n) is 7.63. The average Bonchev–Trinajstić information content (AvgIpc) is 2.80. The molecule has 4 rings (SSSR count). The van der Waals surface area contributed by atoms with E-state index < -0.39 is 17.6 Å². The van der Waals surface area contributed by atoms with Gasteiger partial charge in [-0.1, -0.05) is 24.3 Å². The minimum absolute atomic E-state index is 0.0273. The molecule has 1 amide bonds. The third-order valence-corrected chi connectivity index (χ3v) is 5.48. The summed E-state index contributed by atoms with van der Waals surface area (Å²) in [4.78, 5) is 20.5. The Bertz CT molecular complexity index is 1140. The second-order valence-corrected chi connectivity index (χ2v) is 7.63. The summed E-state index contributed by atoms with van der Waals surface area (Å²) in [5.41, 5.74) is 5.20. The zero-order chi connectivity index (χ0) is 23.6. The number of amides is 1. The molecule has 0 aliphatic carbocycles. The van der Waals surface area contributed by atoms with Crippen LogP contribution in [0.5, 0.6) is 0 Å². The van der Waals surface area contributed by atoms with Crippen molar-refractivity contribution in [2.75, 3.05) is 24.3 Å². The summed E-state index contributed by atoms with van der Waals surface area (Å²) in [5.74, 6) is -2.08. The molecule has 1 fully saturated rings. The number of aromatic nitrogens is 2. The summed E-state index contributed by atoms with van der Waals surface area (Å²) in [5, 5.41) is 2.62. The predicted octanol–water partition coefficient (Wildman–Crippen LogP) is 4.92. The molecule has 3 aromatic rings. The van der Waals surface area contributed by atoms with Crippen LogP contribution < -0.4 is 11.1 Å². The van der Waals surface area contributed by atoms with E-state index in [4.69, 9.17) is 10.5 Å². The van der Waals surface area contributed by atoms with Crippen molar-refractivity contribution in [3.63, 3.8) is 0 Å². The molecule has 0 radical (unpaired) electrons. The Kier molecular flexibility index (Phi) is 6.28. The fourth-order valence-corrected chi connectivity index (χ4v) is 3.69. The van der Waals surface area contributed by atoms with Crippen LogP contribution in [-0.2, 0) is 15.7 Å². The van der Waals surface area contributed by atoms with Crippen molar-refractivity contribution in [3.8, 4) is 22.3 Å². The standard InChI is InChI=1S/C23H20F4N4O2/c24-20-17(23(25,26)27)5-6-18(31-21(32)15-7-9-33-10-8-15)19(20)14-3-1-13(2-4-14)16-11-29-22(28)30-12-16/h1-6,11-12,15H,7-10H2,(H,31,32)(H2,28,29,30). The lowest BCUT2D eigenvalue weighted by Gasteiger charge is -2.23. The molecule has 1 aliphatic heterocycles. The molecule has 10 heteroatoms. The number of hydrogen-bond donors (Lipinski definition) is 2. The van der Waals surface area contributed by atoms with Gasteiger partial charge in [-0.05, 0) is 36.1 Å². The first-order valence-corrected chi connectivity index (χ1v) is 10.2. The summed E-state index contributed by atoms with van der Waals surface area (Å²) in [7, 11) is 0. The highest BCUT2D eigenvalue weighted by atomic mass is 19.4. The zero-order valence-corrected chi connectivity index (χ0v) is 17.3. The average molecular weight is 460 g/mol. The number of nitrogens with two attached hydrogens (primary N) is 1. The van der Waals surface area contributed by atoms with E-state index in [9.17, 15) is 18.0 Å². The number of nitrogens with one attached hydrogen (secondary N) is 1. The van der Waals surface area contributed by atoms with Gasteiger partial charge in [0.05, 0.1) is 11.3 Å². The highest BCUT2D eigenvalue weighted by Crippen LogP contribution is 2.40. The fraction of sp³-hybridized carbons (Fsp3) is 0.261. The molecule has 0 spiro atoms. The van der Waals surface area contributed by atoms with Crippen LogP contribution in [0, 0.1) is 11.7 Å². The first-order chi connectivity index (χ1) is 15.7. The summed E-state index contributed by atoms with van der Waals surface area (Å²) >= 11 is 0. The van der Waals surface area contributed by atoms with E-state index in [1.165, 1.54) is 24.5 Å². The smallest absolute Gasteiger partial charge is 0.381 e. The van der Waals surface area contributed by atoms with Crippen LogP contribution in [0.2, 0.25) is 0 Å². The molecule has 0 bridgehead atoms. The van der Waals surface area contributed by atoms with Gasteiger partial charge in [0, 0.05) is 42.7 Å². The van der Waals surface area contributed by atoms with Crippen molar-refractivity contribution in [3.05, 3.63) is 60.2 Å². The Morgan fingerprint density at radius 1 is 0.970 bits per heavy atom. The molecule has 1 saturated heterocycles. The van der Waals surface area contributed by atoms with Gasteiger partial charge in [-0.25, -0.2) is 14.4 Å². The molecule has 0 atom stereocenters. The monoisotopic (exact) mass is 460 g/mol. The topological polar surface area (TPSA) is 90.1 Å². The van der Waals surface area contributed by atoms with Crippen LogP contribution in [0.15, 0.2) is 48.8 Å². The Morgan fingerprint density at radius 2 is 1.58 bits per heavy atom. The molecule has 2 aromatic carbocycles. The first-order valence-electron chi connectivity index (χ1n) is 10.2. The molecule has 3 N–H and O–H groups in total. The number of carbonyl (C=O) groups is 1. The summed E-state index contributed by atoms with van der Waals surface area (Å²) in [6.07, 6.45) is -0.905. The summed E-state index contributed by atoms with van der Waals surface area (Å²) < 4.78 is 60.5. The number of nitrogens with zero attached hydrogens (tertiary/aromatic N) is 2. The second kappa shape index (κ2) is 9.14. The Balaban J connectivity index is 1.72. The SMILES string of the molecule is Nc1ncc(-c2ccc(-c3c(NC(=O)C4CCOCC4)ccc(C(F)(F)F)c3F)cc2)cn1. The van der Waals surface area contributed by atoms with E-state index in [-0.39, 0.29) is 34.6 Å². The van der Waals surface area contributed by atoms with Crippen molar-refractivity contribution in [1.29, 1.82) is 0 Å². The Hall–Kier alpha value is -3.53. The number of nitrogen functional groups attached to an aromatic ring is 1. The molecule has 0 saturated carbocycles. The number of ether oxygens (including phenoxy) is 1. The maximum atomic E-state index is 15.2. The van der Waals surface area contributed by atoms with Crippen molar-refractivity contribution < 1.29 is 27.1 Å². The maximum Gasteiger partial charge on any atom is 0.419 e. The van der Waals surface area contributed by atoms with Crippen LogP contribution in [0.25, 0.3) is 22.3 Å².